The molecule has 108 valence electrons. The smallest absolute Gasteiger partial charge is 0.382 e. The molecule has 8 heteroatoms. The minimum atomic E-state index is -5.35. The molecule has 0 amide bonds. The Balaban J connectivity index is 2.97. The monoisotopic (exact) mass is 297 g/mol. The second-order valence-corrected chi connectivity index (χ2v) is 5.48. The summed E-state index contributed by atoms with van der Waals surface area (Å²) in [5.74, 6) is 0. The van der Waals surface area contributed by atoms with E-state index in [9.17, 15) is 21.6 Å². The highest BCUT2D eigenvalue weighted by Crippen LogP contribution is 2.33. The lowest BCUT2D eigenvalue weighted by Crippen LogP contribution is -2.24. The van der Waals surface area contributed by atoms with Crippen LogP contribution in [0.4, 0.5) is 18.9 Å². The molecule has 19 heavy (non-hydrogen) atoms. The van der Waals surface area contributed by atoms with Crippen molar-refractivity contribution < 1.29 is 26.3 Å². The van der Waals surface area contributed by atoms with Crippen molar-refractivity contribution in [3.63, 3.8) is 0 Å². The van der Waals surface area contributed by atoms with Gasteiger partial charge < -0.3 is 10.1 Å². The minimum absolute atomic E-state index is 0.0838. The first kappa shape index (κ1) is 15.8. The molecule has 0 aliphatic heterocycles. The van der Waals surface area contributed by atoms with Gasteiger partial charge in [-0.05, 0) is 19.1 Å². The van der Waals surface area contributed by atoms with E-state index in [2.05, 4.69) is 5.32 Å². The molecule has 0 spiro atoms. The second kappa shape index (κ2) is 6.25. The van der Waals surface area contributed by atoms with E-state index in [1.807, 2.05) is 0 Å². The number of alkyl halides is 3. The predicted molar refractivity (Wildman–Crippen MR) is 64.7 cm³/mol. The summed E-state index contributed by atoms with van der Waals surface area (Å²) in [6.07, 6.45) is 0. The maximum Gasteiger partial charge on any atom is 0.501 e. The van der Waals surface area contributed by atoms with E-state index < -0.39 is 20.2 Å². The second-order valence-electron chi connectivity index (χ2n) is 3.57. The van der Waals surface area contributed by atoms with Crippen molar-refractivity contribution in [2.24, 2.45) is 0 Å². The Bertz CT molecular complexity index is 514. The van der Waals surface area contributed by atoms with Gasteiger partial charge in [0.25, 0.3) is 9.84 Å². The molecule has 1 rings (SSSR count). The average molecular weight is 297 g/mol. The number of anilines is 1. The summed E-state index contributed by atoms with van der Waals surface area (Å²) < 4.78 is 65.3. The quantitative estimate of drug-likeness (QED) is 0.819. The lowest BCUT2D eigenvalue weighted by Gasteiger charge is -2.14. The van der Waals surface area contributed by atoms with Gasteiger partial charge in [0, 0.05) is 13.2 Å². The first-order chi connectivity index (χ1) is 8.80. The van der Waals surface area contributed by atoms with Gasteiger partial charge in [-0.3, -0.25) is 0 Å². The van der Waals surface area contributed by atoms with Gasteiger partial charge in [-0.1, -0.05) is 12.1 Å². The highest BCUT2D eigenvalue weighted by molar-refractivity contribution is 7.92. The standard InChI is InChI=1S/C11H14F3NO3S/c1-2-18-8-7-15-9-5-3-4-6-10(9)19(16,17)11(12,13)14/h3-6,15H,2,7-8H2,1H3. The van der Waals surface area contributed by atoms with E-state index in [-0.39, 0.29) is 18.8 Å². The summed E-state index contributed by atoms with van der Waals surface area (Å²) in [7, 11) is -5.35. The fraction of sp³-hybridized carbons (Fsp3) is 0.455. The first-order valence-electron chi connectivity index (χ1n) is 5.52. The molecule has 0 atom stereocenters. The molecule has 1 N–H and O–H groups in total. The number of hydrogen-bond donors (Lipinski definition) is 1. The van der Waals surface area contributed by atoms with Gasteiger partial charge in [-0.25, -0.2) is 8.42 Å². The molecule has 0 bridgehead atoms. The Morgan fingerprint density at radius 1 is 1.26 bits per heavy atom. The van der Waals surface area contributed by atoms with Crippen molar-refractivity contribution in [3.05, 3.63) is 24.3 Å². The normalized spacial score (nSPS) is 12.4. The molecule has 0 aliphatic carbocycles. The summed E-state index contributed by atoms with van der Waals surface area (Å²) in [6.45, 7) is 2.75. The first-order valence-corrected chi connectivity index (χ1v) is 7.01. The van der Waals surface area contributed by atoms with E-state index in [0.717, 1.165) is 6.07 Å². The van der Waals surface area contributed by atoms with Gasteiger partial charge in [0.1, 0.15) is 0 Å². The summed E-state index contributed by atoms with van der Waals surface area (Å²) in [6, 6.07) is 4.90. The van der Waals surface area contributed by atoms with Crippen LogP contribution >= 0.6 is 0 Å². The van der Waals surface area contributed by atoms with Crippen LogP contribution in [0.3, 0.4) is 0 Å². The van der Waals surface area contributed by atoms with Crippen molar-refractivity contribution in [1.29, 1.82) is 0 Å². The SMILES string of the molecule is CCOCCNc1ccccc1S(=O)(=O)C(F)(F)F. The molecule has 1 aromatic rings. The molecule has 0 radical (unpaired) electrons. The van der Waals surface area contributed by atoms with Crippen LogP contribution in [0.2, 0.25) is 0 Å². The molecule has 0 aliphatic rings. The number of rotatable bonds is 6. The fourth-order valence-corrected chi connectivity index (χ4v) is 2.31. The number of ether oxygens (including phenoxy) is 1. The molecule has 0 aromatic heterocycles. The summed E-state index contributed by atoms with van der Waals surface area (Å²) >= 11 is 0. The van der Waals surface area contributed by atoms with Crippen molar-refractivity contribution in [3.8, 4) is 0 Å². The van der Waals surface area contributed by atoms with Crippen LogP contribution in [-0.4, -0.2) is 33.7 Å². The van der Waals surface area contributed by atoms with Crippen molar-refractivity contribution in [2.45, 2.75) is 17.3 Å². The Morgan fingerprint density at radius 2 is 1.89 bits per heavy atom. The summed E-state index contributed by atoms with van der Waals surface area (Å²) in [4.78, 5) is -0.779. The predicted octanol–water partition coefficient (Wildman–Crippen LogP) is 2.43. The highest BCUT2D eigenvalue weighted by atomic mass is 32.2. The van der Waals surface area contributed by atoms with Gasteiger partial charge in [0.15, 0.2) is 0 Å². The molecule has 0 fully saturated rings. The molecule has 0 saturated carbocycles. The minimum Gasteiger partial charge on any atom is -0.382 e. The number of hydrogen-bond acceptors (Lipinski definition) is 4. The topological polar surface area (TPSA) is 55.4 Å². The zero-order chi connectivity index (χ0) is 14.5. The van der Waals surface area contributed by atoms with Crippen molar-refractivity contribution in [2.75, 3.05) is 25.1 Å². The lowest BCUT2D eigenvalue weighted by atomic mass is 10.3. The molecule has 1 aromatic carbocycles. The van der Waals surface area contributed by atoms with Crippen LogP contribution < -0.4 is 5.32 Å². The van der Waals surface area contributed by atoms with Crippen LogP contribution in [0.1, 0.15) is 6.92 Å². The van der Waals surface area contributed by atoms with Crippen molar-refractivity contribution >= 4 is 15.5 Å². The lowest BCUT2D eigenvalue weighted by molar-refractivity contribution is -0.0435. The van der Waals surface area contributed by atoms with E-state index in [0.29, 0.717) is 6.61 Å². The average Bonchev–Trinajstić information content (AvgIpc) is 2.34. The molecule has 0 unspecified atom stereocenters. The zero-order valence-corrected chi connectivity index (χ0v) is 11.0. The maximum atomic E-state index is 12.5. The third-order valence-corrected chi connectivity index (χ3v) is 3.79. The van der Waals surface area contributed by atoms with Crippen LogP contribution in [0.25, 0.3) is 0 Å². The Kier molecular flexibility index (Phi) is 5.19. The van der Waals surface area contributed by atoms with E-state index in [4.69, 9.17) is 4.74 Å². The zero-order valence-electron chi connectivity index (χ0n) is 10.2. The number of halogens is 3. The Hall–Kier alpha value is -1.28. The maximum absolute atomic E-state index is 12.5. The number of benzene rings is 1. The molecule has 0 saturated heterocycles. The van der Waals surface area contributed by atoms with Crippen LogP contribution in [-0.2, 0) is 14.6 Å². The van der Waals surface area contributed by atoms with E-state index >= 15 is 0 Å². The van der Waals surface area contributed by atoms with Gasteiger partial charge in [-0.2, -0.15) is 13.2 Å². The van der Waals surface area contributed by atoms with Crippen LogP contribution in [0.15, 0.2) is 29.2 Å². The third kappa shape index (κ3) is 3.84. The molecule has 0 heterocycles. The Labute approximate surface area is 109 Å². The van der Waals surface area contributed by atoms with E-state index in [1.165, 1.54) is 18.2 Å². The third-order valence-electron chi connectivity index (χ3n) is 2.25. The van der Waals surface area contributed by atoms with Crippen LogP contribution in [0.5, 0.6) is 0 Å². The molecular weight excluding hydrogens is 283 g/mol. The largest absolute Gasteiger partial charge is 0.501 e. The number of sulfone groups is 1. The van der Waals surface area contributed by atoms with Gasteiger partial charge in [0.05, 0.1) is 17.2 Å². The highest BCUT2D eigenvalue weighted by Gasteiger charge is 2.47. The Morgan fingerprint density at radius 3 is 2.47 bits per heavy atom. The van der Waals surface area contributed by atoms with Gasteiger partial charge >= 0.3 is 5.51 Å². The summed E-state index contributed by atoms with van der Waals surface area (Å²) in [5.41, 5.74) is -5.40. The number of para-hydroxylation sites is 1. The fourth-order valence-electron chi connectivity index (χ4n) is 1.37. The van der Waals surface area contributed by atoms with Gasteiger partial charge in [0.2, 0.25) is 0 Å². The van der Waals surface area contributed by atoms with E-state index in [1.54, 1.807) is 6.92 Å². The van der Waals surface area contributed by atoms with Crippen molar-refractivity contribution in [1.82, 2.24) is 0 Å². The summed E-state index contributed by atoms with van der Waals surface area (Å²) in [5, 5.41) is 2.62. The number of nitrogens with one attached hydrogen (secondary N) is 1. The molecule has 4 nitrogen and oxygen atoms in total. The molecular formula is C11H14F3NO3S. The van der Waals surface area contributed by atoms with Gasteiger partial charge in [-0.15, -0.1) is 0 Å². The van der Waals surface area contributed by atoms with Crippen LogP contribution in [0, 0.1) is 0 Å².